The zero-order chi connectivity index (χ0) is 29.0. The van der Waals surface area contributed by atoms with E-state index in [-0.39, 0.29) is 35.7 Å². The first-order chi connectivity index (χ1) is 20.0. The van der Waals surface area contributed by atoms with E-state index in [0.717, 1.165) is 44.1 Å². The lowest BCUT2D eigenvalue weighted by Gasteiger charge is -2.42. The number of unbranched alkanes of at least 4 members (excludes halogenated alkanes) is 1. The molecule has 4 fully saturated rings. The zero-order valence-electron chi connectivity index (χ0n) is 24.0. The van der Waals surface area contributed by atoms with Gasteiger partial charge < -0.3 is 19.6 Å². The Hall–Kier alpha value is -2.58. The number of aliphatic hydroxyl groups is 1. The van der Waals surface area contributed by atoms with Gasteiger partial charge in [-0.05, 0) is 50.5 Å². The number of carbonyl (C=O) groups is 3. The summed E-state index contributed by atoms with van der Waals surface area (Å²) in [6.07, 6.45) is 12.1. The van der Waals surface area contributed by atoms with E-state index in [1.807, 2.05) is 35.2 Å². The number of fused-ring (bicyclic) bond motifs is 1. The summed E-state index contributed by atoms with van der Waals surface area (Å²) in [6, 6.07) is 8.58. The van der Waals surface area contributed by atoms with Crippen LogP contribution < -0.4 is 0 Å². The van der Waals surface area contributed by atoms with Crippen LogP contribution in [0.4, 0.5) is 0 Å². The monoisotopic (exact) mass is 580 g/mol. The Balaban J connectivity index is 1.51. The van der Waals surface area contributed by atoms with Gasteiger partial charge in [-0.1, -0.05) is 61.7 Å². The molecule has 222 valence electrons. The quantitative estimate of drug-likeness (QED) is 0.210. The van der Waals surface area contributed by atoms with Crippen LogP contribution in [-0.4, -0.2) is 80.6 Å². The van der Waals surface area contributed by atoms with Gasteiger partial charge in [0, 0.05) is 17.8 Å². The van der Waals surface area contributed by atoms with Crippen molar-refractivity contribution in [3.63, 3.8) is 0 Å². The molecule has 3 saturated heterocycles. The van der Waals surface area contributed by atoms with Gasteiger partial charge >= 0.3 is 5.97 Å². The minimum atomic E-state index is -0.740. The predicted molar refractivity (Wildman–Crippen MR) is 161 cm³/mol. The lowest BCUT2D eigenvalue weighted by molar-refractivity contribution is -0.154. The first-order valence-corrected chi connectivity index (χ1v) is 16.2. The van der Waals surface area contributed by atoms with Gasteiger partial charge in [0.2, 0.25) is 11.8 Å². The molecule has 1 N–H and O–H groups in total. The van der Waals surface area contributed by atoms with Crippen molar-refractivity contribution in [3.8, 4) is 0 Å². The van der Waals surface area contributed by atoms with Gasteiger partial charge in [0.05, 0.1) is 35.8 Å². The second-order valence-corrected chi connectivity index (χ2v) is 13.6. The maximum Gasteiger partial charge on any atom is 0.310 e. The van der Waals surface area contributed by atoms with Gasteiger partial charge in [-0.2, -0.15) is 0 Å². The summed E-state index contributed by atoms with van der Waals surface area (Å²) in [4.78, 5) is 46.4. The third kappa shape index (κ3) is 5.62. The molecule has 2 amide bonds. The van der Waals surface area contributed by atoms with Crippen LogP contribution in [-0.2, 0) is 25.5 Å². The summed E-state index contributed by atoms with van der Waals surface area (Å²) in [5.41, 5.74) is 0.991. The molecule has 2 bridgehead atoms. The Morgan fingerprint density at radius 1 is 1.15 bits per heavy atom. The Labute approximate surface area is 248 Å². The second kappa shape index (κ2) is 13.2. The number of esters is 1. The summed E-state index contributed by atoms with van der Waals surface area (Å²) < 4.78 is 4.99. The van der Waals surface area contributed by atoms with E-state index in [0.29, 0.717) is 32.4 Å². The number of allylic oxidation sites excluding steroid dienone is 1. The van der Waals surface area contributed by atoms with Crippen LogP contribution in [0.3, 0.4) is 0 Å². The average Bonchev–Trinajstić information content (AvgIpc) is 3.65. The van der Waals surface area contributed by atoms with Crippen LogP contribution in [0.1, 0.15) is 63.4 Å². The number of thioether (sulfide) groups is 1. The number of amides is 2. The fourth-order valence-corrected chi connectivity index (χ4v) is 9.96. The number of nitrogens with zero attached hydrogens (tertiary/aromatic N) is 2. The van der Waals surface area contributed by atoms with E-state index in [1.54, 1.807) is 28.8 Å². The summed E-state index contributed by atoms with van der Waals surface area (Å²) >= 11 is 1.66. The number of likely N-dealkylation sites (tertiary alicyclic amines) is 1. The highest BCUT2D eigenvalue weighted by atomic mass is 32.2. The van der Waals surface area contributed by atoms with Crippen LogP contribution in [0, 0.1) is 11.8 Å². The van der Waals surface area contributed by atoms with Gasteiger partial charge in [0.25, 0.3) is 0 Å². The van der Waals surface area contributed by atoms with E-state index in [4.69, 9.17) is 4.74 Å². The first kappa shape index (κ1) is 29.9. The van der Waals surface area contributed by atoms with Crippen molar-refractivity contribution >= 4 is 29.5 Å². The van der Waals surface area contributed by atoms with Gasteiger partial charge in [-0.15, -0.1) is 24.9 Å². The Morgan fingerprint density at radius 2 is 1.90 bits per heavy atom. The number of ether oxygens (including phenoxy) is 1. The normalized spacial score (nSPS) is 29.7. The van der Waals surface area contributed by atoms with Crippen LogP contribution in [0.2, 0.25) is 0 Å². The van der Waals surface area contributed by atoms with Crippen LogP contribution >= 0.6 is 11.8 Å². The highest BCUT2D eigenvalue weighted by Crippen LogP contribution is 2.67. The van der Waals surface area contributed by atoms with Crippen molar-refractivity contribution in [2.75, 3.05) is 19.8 Å². The summed E-state index contributed by atoms with van der Waals surface area (Å²) in [7, 11) is 0. The number of benzene rings is 1. The topological polar surface area (TPSA) is 87.1 Å². The molecule has 1 aromatic carbocycles. The maximum atomic E-state index is 14.8. The number of hydrogen-bond acceptors (Lipinski definition) is 6. The fourth-order valence-electron chi connectivity index (χ4n) is 7.77. The first-order valence-electron chi connectivity index (χ1n) is 15.3. The molecule has 1 aromatic rings. The molecule has 6 atom stereocenters. The molecule has 1 saturated carbocycles. The predicted octanol–water partition coefficient (Wildman–Crippen LogP) is 4.54. The van der Waals surface area contributed by atoms with Crippen LogP contribution in [0.5, 0.6) is 0 Å². The number of hydrogen-bond donors (Lipinski definition) is 1. The minimum absolute atomic E-state index is 0.0439. The van der Waals surface area contributed by atoms with Crippen molar-refractivity contribution in [2.45, 2.75) is 92.3 Å². The summed E-state index contributed by atoms with van der Waals surface area (Å²) in [5, 5.41) is 10.6. The van der Waals surface area contributed by atoms with E-state index < -0.39 is 28.7 Å². The zero-order valence-corrected chi connectivity index (χ0v) is 24.8. The molecule has 2 unspecified atom stereocenters. The lowest BCUT2D eigenvalue weighted by Crippen LogP contribution is -2.59. The summed E-state index contributed by atoms with van der Waals surface area (Å²) in [5.74, 6) is -1.80. The molecule has 1 aliphatic carbocycles. The Bertz CT molecular complexity index is 1120. The molecule has 0 aromatic heterocycles. The van der Waals surface area contributed by atoms with Gasteiger partial charge in [-0.25, -0.2) is 0 Å². The van der Waals surface area contributed by atoms with Gasteiger partial charge in [0.15, 0.2) is 0 Å². The lowest BCUT2D eigenvalue weighted by atomic mass is 9.71. The maximum absolute atomic E-state index is 14.8. The van der Waals surface area contributed by atoms with Gasteiger partial charge in [0.1, 0.15) is 6.04 Å². The smallest absolute Gasteiger partial charge is 0.310 e. The van der Waals surface area contributed by atoms with Crippen LogP contribution in [0.15, 0.2) is 55.6 Å². The van der Waals surface area contributed by atoms with Crippen molar-refractivity contribution in [1.29, 1.82) is 0 Å². The van der Waals surface area contributed by atoms with Crippen molar-refractivity contribution < 1.29 is 24.2 Å². The summed E-state index contributed by atoms with van der Waals surface area (Å²) in [6.45, 7) is 8.13. The fraction of sp³-hybridized carbons (Fsp3) is 0.606. The van der Waals surface area contributed by atoms with Crippen LogP contribution in [0.25, 0.3) is 0 Å². The van der Waals surface area contributed by atoms with Gasteiger partial charge in [-0.3, -0.25) is 14.4 Å². The molecule has 1 spiro atoms. The average molecular weight is 581 g/mol. The minimum Gasteiger partial charge on any atom is -0.465 e. The molecule has 5 rings (SSSR count). The Kier molecular flexibility index (Phi) is 9.59. The Morgan fingerprint density at radius 3 is 2.59 bits per heavy atom. The number of carbonyl (C=O) groups excluding carboxylic acids is 3. The third-order valence-corrected chi connectivity index (χ3v) is 11.5. The molecule has 3 aliphatic heterocycles. The molecule has 8 heteroatoms. The molecule has 4 aliphatic rings. The number of aliphatic hydroxyl groups excluding tert-OH is 1. The standard InChI is InChI=1S/C33H44N2O5S/c1-3-5-12-20-40-32(39)27-26-17-18-33(41-26)28(27)30(37)35(25(22-36)21-23-13-8-6-9-14-23)29(33)31(38)34(19-4-2)24-15-10-7-11-16-24/h3-4,6,8-9,13-14,24-29,36H,1-2,5,7,10-12,15-22H2/t25-,26-,27+,28+,29?,33?/m1/s1. The SMILES string of the molecule is C=CCCCOC(=O)[C@@H]1[C@H]2C(=O)N([C@@H](CO)Cc3ccccc3)C(C(=O)N(CC=C)C3CCCCC3)C23CC[C@H]1S3. The molecule has 3 heterocycles. The molecular weight excluding hydrogens is 536 g/mol. The van der Waals surface area contributed by atoms with E-state index in [1.165, 1.54) is 6.42 Å². The molecule has 41 heavy (non-hydrogen) atoms. The molecular formula is C33H44N2O5S. The highest BCUT2D eigenvalue weighted by Gasteiger charge is 2.75. The van der Waals surface area contributed by atoms with E-state index in [9.17, 15) is 19.5 Å². The number of rotatable bonds is 13. The molecule has 0 radical (unpaired) electrons. The second-order valence-electron chi connectivity index (χ2n) is 12.0. The van der Waals surface area contributed by atoms with Crippen molar-refractivity contribution in [3.05, 3.63) is 61.2 Å². The van der Waals surface area contributed by atoms with E-state index in [2.05, 4.69) is 13.2 Å². The highest BCUT2D eigenvalue weighted by molar-refractivity contribution is 8.02. The molecule has 7 nitrogen and oxygen atoms in total. The van der Waals surface area contributed by atoms with E-state index >= 15 is 0 Å². The third-order valence-electron chi connectivity index (χ3n) is 9.58. The van der Waals surface area contributed by atoms with Crippen molar-refractivity contribution in [1.82, 2.24) is 9.80 Å². The largest absolute Gasteiger partial charge is 0.465 e. The van der Waals surface area contributed by atoms with Crippen molar-refractivity contribution in [2.24, 2.45) is 11.8 Å².